The summed E-state index contributed by atoms with van der Waals surface area (Å²) in [4.78, 5) is 14.7. The van der Waals surface area contributed by atoms with E-state index in [9.17, 15) is 9.90 Å². The number of phenolic OH excluding ortho intramolecular Hbond substituents is 1. The van der Waals surface area contributed by atoms with Crippen molar-refractivity contribution in [3.05, 3.63) is 58.0 Å². The van der Waals surface area contributed by atoms with E-state index in [-0.39, 0.29) is 11.4 Å². The molecule has 0 atom stereocenters. The van der Waals surface area contributed by atoms with Crippen LogP contribution in [0.15, 0.2) is 47.3 Å². The first-order valence-electron chi connectivity index (χ1n) is 5.36. The Hall–Kier alpha value is -2.20. The number of aromatic nitrogens is 2. The largest absolute Gasteiger partial charge is 0.506 e. The maximum atomic E-state index is 12.0. The number of nitrogens with zero attached hydrogens (tertiary/aromatic N) is 1. The standard InChI is InChI=1S/C13H9ClN2O2/c14-8-4-3-6-10-12(8)15-13(18)16(10)9-5-1-2-7-11(9)17/h1-7,17H,(H,15,18). The number of halogens is 1. The number of para-hydroxylation sites is 3. The molecule has 5 heteroatoms. The highest BCUT2D eigenvalue weighted by atomic mass is 35.5. The second kappa shape index (κ2) is 3.92. The highest BCUT2D eigenvalue weighted by molar-refractivity contribution is 6.34. The summed E-state index contributed by atoms with van der Waals surface area (Å²) < 4.78 is 1.40. The van der Waals surface area contributed by atoms with Gasteiger partial charge < -0.3 is 10.1 Å². The SMILES string of the molecule is O=c1[nH]c2c(Cl)cccc2n1-c1ccccc1O. The van der Waals surface area contributed by atoms with E-state index in [1.54, 1.807) is 36.4 Å². The van der Waals surface area contributed by atoms with Gasteiger partial charge in [-0.25, -0.2) is 4.79 Å². The van der Waals surface area contributed by atoms with Crippen LogP contribution in [0.4, 0.5) is 0 Å². The number of benzene rings is 2. The Balaban J connectivity index is 2.44. The van der Waals surface area contributed by atoms with Gasteiger partial charge in [-0.1, -0.05) is 29.8 Å². The molecule has 2 aromatic carbocycles. The summed E-state index contributed by atoms with van der Waals surface area (Å²) in [6, 6.07) is 11.9. The van der Waals surface area contributed by atoms with Gasteiger partial charge in [-0.15, -0.1) is 0 Å². The summed E-state index contributed by atoms with van der Waals surface area (Å²) in [6.45, 7) is 0. The van der Waals surface area contributed by atoms with Crippen LogP contribution < -0.4 is 5.69 Å². The molecule has 2 N–H and O–H groups in total. The molecule has 0 aliphatic rings. The number of aromatic amines is 1. The fourth-order valence-corrected chi connectivity index (χ4v) is 2.20. The fraction of sp³-hybridized carbons (Fsp3) is 0. The lowest BCUT2D eigenvalue weighted by Crippen LogP contribution is -2.14. The lowest BCUT2D eigenvalue weighted by Gasteiger charge is -2.05. The maximum absolute atomic E-state index is 12.0. The topological polar surface area (TPSA) is 58.0 Å². The quantitative estimate of drug-likeness (QED) is 0.707. The van der Waals surface area contributed by atoms with Crippen molar-refractivity contribution in [3.63, 3.8) is 0 Å². The minimum Gasteiger partial charge on any atom is -0.506 e. The van der Waals surface area contributed by atoms with Gasteiger partial charge in [-0.2, -0.15) is 0 Å². The third-order valence-corrected chi connectivity index (χ3v) is 3.11. The zero-order valence-corrected chi connectivity index (χ0v) is 9.98. The van der Waals surface area contributed by atoms with Crippen molar-refractivity contribution in [2.75, 3.05) is 0 Å². The van der Waals surface area contributed by atoms with E-state index in [1.165, 1.54) is 10.6 Å². The van der Waals surface area contributed by atoms with E-state index in [4.69, 9.17) is 11.6 Å². The lowest BCUT2D eigenvalue weighted by atomic mass is 10.2. The van der Waals surface area contributed by atoms with Crippen LogP contribution >= 0.6 is 11.6 Å². The third kappa shape index (κ3) is 1.50. The van der Waals surface area contributed by atoms with Gasteiger partial charge in [0.1, 0.15) is 5.75 Å². The molecule has 0 spiro atoms. The Morgan fingerprint density at radius 2 is 1.89 bits per heavy atom. The zero-order valence-electron chi connectivity index (χ0n) is 9.22. The van der Waals surface area contributed by atoms with Gasteiger partial charge in [0.05, 0.1) is 21.7 Å². The van der Waals surface area contributed by atoms with Crippen molar-refractivity contribution < 1.29 is 5.11 Å². The van der Waals surface area contributed by atoms with Crippen molar-refractivity contribution in [2.45, 2.75) is 0 Å². The van der Waals surface area contributed by atoms with E-state index in [0.29, 0.717) is 21.7 Å². The number of phenols is 1. The van der Waals surface area contributed by atoms with E-state index in [2.05, 4.69) is 4.98 Å². The number of hydrogen-bond donors (Lipinski definition) is 2. The lowest BCUT2D eigenvalue weighted by molar-refractivity contribution is 0.472. The summed E-state index contributed by atoms with van der Waals surface area (Å²) >= 11 is 6.02. The molecule has 0 bridgehead atoms. The Kier molecular flexibility index (Phi) is 2.38. The number of fused-ring (bicyclic) bond motifs is 1. The van der Waals surface area contributed by atoms with E-state index < -0.39 is 0 Å². The molecule has 0 radical (unpaired) electrons. The minimum absolute atomic E-state index is 0.0421. The molecule has 1 heterocycles. The van der Waals surface area contributed by atoms with Crippen LogP contribution in [-0.4, -0.2) is 14.7 Å². The van der Waals surface area contributed by atoms with Crippen LogP contribution in [0, 0.1) is 0 Å². The van der Waals surface area contributed by atoms with Gasteiger partial charge in [0.25, 0.3) is 0 Å². The Morgan fingerprint density at radius 1 is 1.11 bits per heavy atom. The van der Waals surface area contributed by atoms with Crippen molar-refractivity contribution in [3.8, 4) is 11.4 Å². The number of hydrogen-bond acceptors (Lipinski definition) is 2. The van der Waals surface area contributed by atoms with Gasteiger partial charge in [-0.3, -0.25) is 4.57 Å². The van der Waals surface area contributed by atoms with Crippen molar-refractivity contribution in [1.29, 1.82) is 0 Å². The molecule has 4 nitrogen and oxygen atoms in total. The smallest absolute Gasteiger partial charge is 0.331 e. The fourth-order valence-electron chi connectivity index (χ4n) is 1.99. The Bertz CT molecular complexity index is 789. The summed E-state index contributed by atoms with van der Waals surface area (Å²) in [5.41, 5.74) is 1.29. The molecule has 0 saturated heterocycles. The number of imidazole rings is 1. The molecule has 0 unspecified atom stereocenters. The van der Waals surface area contributed by atoms with E-state index in [0.717, 1.165) is 0 Å². The first-order valence-corrected chi connectivity index (χ1v) is 5.74. The molecule has 0 aliphatic carbocycles. The monoisotopic (exact) mass is 260 g/mol. The van der Waals surface area contributed by atoms with Gasteiger partial charge >= 0.3 is 5.69 Å². The average molecular weight is 261 g/mol. The number of H-pyrrole nitrogens is 1. The zero-order chi connectivity index (χ0) is 12.7. The maximum Gasteiger partial charge on any atom is 0.331 e. The second-order valence-corrected chi connectivity index (χ2v) is 4.30. The van der Waals surface area contributed by atoms with Crippen LogP contribution in [0.25, 0.3) is 16.7 Å². The van der Waals surface area contributed by atoms with Crippen molar-refractivity contribution in [1.82, 2.24) is 9.55 Å². The average Bonchev–Trinajstić information content (AvgIpc) is 2.68. The molecule has 0 aliphatic heterocycles. The summed E-state index contributed by atoms with van der Waals surface area (Å²) in [5.74, 6) is 0.0421. The summed E-state index contributed by atoms with van der Waals surface area (Å²) in [6.07, 6.45) is 0. The normalized spacial score (nSPS) is 10.9. The predicted octanol–water partition coefficient (Wildman–Crippen LogP) is 2.68. The molecular weight excluding hydrogens is 252 g/mol. The molecule has 0 fully saturated rings. The first-order chi connectivity index (χ1) is 8.68. The van der Waals surface area contributed by atoms with Crippen molar-refractivity contribution >= 4 is 22.6 Å². The molecule has 0 saturated carbocycles. The summed E-state index contributed by atoms with van der Waals surface area (Å²) in [5, 5.41) is 10.3. The molecule has 90 valence electrons. The Morgan fingerprint density at radius 3 is 2.67 bits per heavy atom. The van der Waals surface area contributed by atoms with E-state index in [1.807, 2.05) is 0 Å². The van der Waals surface area contributed by atoms with E-state index >= 15 is 0 Å². The number of rotatable bonds is 1. The first kappa shape index (κ1) is 10.9. The number of aromatic hydroxyl groups is 1. The Labute approximate surface area is 107 Å². The van der Waals surface area contributed by atoms with Gasteiger partial charge in [0.15, 0.2) is 0 Å². The van der Waals surface area contributed by atoms with Gasteiger partial charge in [0, 0.05) is 0 Å². The van der Waals surface area contributed by atoms with Crippen LogP contribution in [0.3, 0.4) is 0 Å². The minimum atomic E-state index is -0.334. The molecule has 1 aromatic heterocycles. The molecule has 0 amide bonds. The molecule has 3 rings (SSSR count). The highest BCUT2D eigenvalue weighted by Gasteiger charge is 2.12. The van der Waals surface area contributed by atoms with Crippen LogP contribution in [0.2, 0.25) is 5.02 Å². The molecular formula is C13H9ClN2O2. The van der Waals surface area contributed by atoms with Gasteiger partial charge in [0.2, 0.25) is 0 Å². The van der Waals surface area contributed by atoms with Crippen LogP contribution in [0.1, 0.15) is 0 Å². The molecule has 18 heavy (non-hydrogen) atoms. The van der Waals surface area contributed by atoms with Crippen molar-refractivity contribution in [2.24, 2.45) is 0 Å². The third-order valence-electron chi connectivity index (χ3n) is 2.79. The summed E-state index contributed by atoms with van der Waals surface area (Å²) in [7, 11) is 0. The number of nitrogens with one attached hydrogen (secondary N) is 1. The van der Waals surface area contributed by atoms with Crippen LogP contribution in [-0.2, 0) is 0 Å². The van der Waals surface area contributed by atoms with Crippen LogP contribution in [0.5, 0.6) is 5.75 Å². The second-order valence-electron chi connectivity index (χ2n) is 3.89. The predicted molar refractivity (Wildman–Crippen MR) is 70.6 cm³/mol. The molecule has 3 aromatic rings. The van der Waals surface area contributed by atoms with Gasteiger partial charge in [-0.05, 0) is 24.3 Å². The highest BCUT2D eigenvalue weighted by Crippen LogP contribution is 2.26.